The lowest BCUT2D eigenvalue weighted by atomic mass is 9.95. The molecule has 46 heavy (non-hydrogen) atoms. The fraction of sp³-hybridized carbons (Fsp3) is 0.235. The number of carboxylic acid groups (broad SMARTS) is 1. The highest BCUT2D eigenvalue weighted by atomic mass is 32.1. The molecule has 0 radical (unpaired) electrons. The first-order valence-corrected chi connectivity index (χ1v) is 15.0. The second-order valence-corrected chi connectivity index (χ2v) is 11.1. The zero-order valence-electron chi connectivity index (χ0n) is 25.8. The van der Waals surface area contributed by atoms with E-state index in [-0.39, 0.29) is 29.9 Å². The number of rotatable bonds is 11. The third kappa shape index (κ3) is 6.38. The summed E-state index contributed by atoms with van der Waals surface area (Å²) in [5, 5.41) is 11.2. The molecule has 1 unspecified atom stereocenters. The van der Waals surface area contributed by atoms with E-state index < -0.39 is 18.0 Å². The van der Waals surface area contributed by atoms with Crippen LogP contribution in [0.5, 0.6) is 23.0 Å². The fourth-order valence-electron chi connectivity index (χ4n) is 5.12. The Morgan fingerprint density at radius 3 is 2.37 bits per heavy atom. The summed E-state index contributed by atoms with van der Waals surface area (Å²) >= 11 is 1.19. The first-order valence-electron chi connectivity index (χ1n) is 14.2. The third-order valence-corrected chi connectivity index (χ3v) is 8.27. The van der Waals surface area contributed by atoms with Gasteiger partial charge in [-0.3, -0.25) is 9.36 Å². The van der Waals surface area contributed by atoms with Gasteiger partial charge >= 0.3 is 5.97 Å². The van der Waals surface area contributed by atoms with Gasteiger partial charge in [-0.1, -0.05) is 41.7 Å². The van der Waals surface area contributed by atoms with Gasteiger partial charge in [0.15, 0.2) is 27.8 Å². The molecular formula is C34H31N2O9S-. The second kappa shape index (κ2) is 13.7. The van der Waals surface area contributed by atoms with Crippen molar-refractivity contribution in [2.45, 2.75) is 26.5 Å². The number of ether oxygens (including phenoxy) is 5. The molecule has 2 heterocycles. The molecular weight excluding hydrogens is 612 g/mol. The second-order valence-electron chi connectivity index (χ2n) is 10.1. The van der Waals surface area contributed by atoms with Crippen LogP contribution in [0.3, 0.4) is 0 Å². The minimum atomic E-state index is -1.27. The van der Waals surface area contributed by atoms with Gasteiger partial charge in [0, 0.05) is 0 Å². The number of esters is 1. The van der Waals surface area contributed by atoms with Crippen molar-refractivity contribution in [3.63, 3.8) is 0 Å². The summed E-state index contributed by atoms with van der Waals surface area (Å²) in [5.41, 5.74) is 2.34. The largest absolute Gasteiger partial charge is 0.545 e. The molecule has 0 spiro atoms. The SMILES string of the molecule is CCOC(=O)C1=C(C)N=c2s/c(=C\c3ccc(OCc4cccc(C(=O)[O-])c4)c(OC)c3)c(=O)n2C1c1ccc(OC)c(OC)c1. The van der Waals surface area contributed by atoms with Gasteiger partial charge in [0.25, 0.3) is 5.56 Å². The van der Waals surface area contributed by atoms with Crippen LogP contribution in [0.2, 0.25) is 0 Å². The van der Waals surface area contributed by atoms with E-state index in [0.29, 0.717) is 54.7 Å². The van der Waals surface area contributed by atoms with Crippen molar-refractivity contribution >= 4 is 29.4 Å². The maximum absolute atomic E-state index is 14.0. The van der Waals surface area contributed by atoms with Crippen LogP contribution < -0.4 is 38.9 Å². The van der Waals surface area contributed by atoms with Gasteiger partial charge < -0.3 is 33.6 Å². The Morgan fingerprint density at radius 2 is 1.67 bits per heavy atom. The number of carbonyl (C=O) groups excluding carboxylic acids is 2. The van der Waals surface area contributed by atoms with Gasteiger partial charge in [-0.05, 0) is 72.5 Å². The standard InChI is InChI=1S/C34H32N2O9S/c1-6-44-33(40)29-19(2)35-34-36(30(29)22-11-13-24(41-3)27(17-22)43-5)31(37)28(46-34)16-20-10-12-25(26(15-20)42-4)45-18-21-8-7-9-23(14-21)32(38)39/h7-17,30H,6,18H2,1-5H3,(H,38,39)/p-1/b28-16-. The van der Waals surface area contributed by atoms with E-state index in [4.69, 9.17) is 23.7 Å². The van der Waals surface area contributed by atoms with Crippen molar-refractivity contribution in [3.05, 3.63) is 114 Å². The number of benzene rings is 3. The van der Waals surface area contributed by atoms with Crippen LogP contribution in [0, 0.1) is 0 Å². The predicted molar refractivity (Wildman–Crippen MR) is 168 cm³/mol. The normalized spacial score (nSPS) is 14.3. The Hall–Kier alpha value is -5.36. The topological polar surface area (TPSA) is 138 Å². The number of nitrogens with zero attached hydrogens (tertiary/aromatic N) is 2. The van der Waals surface area contributed by atoms with Gasteiger partial charge in [-0.25, -0.2) is 9.79 Å². The summed E-state index contributed by atoms with van der Waals surface area (Å²) in [6.07, 6.45) is 1.72. The van der Waals surface area contributed by atoms with Crippen molar-refractivity contribution in [1.29, 1.82) is 0 Å². The number of aromatic carboxylic acids is 1. The molecule has 1 aliphatic heterocycles. The highest BCUT2D eigenvalue weighted by Gasteiger charge is 2.34. The lowest BCUT2D eigenvalue weighted by molar-refractivity contribution is -0.255. The van der Waals surface area contributed by atoms with E-state index in [1.54, 1.807) is 68.5 Å². The van der Waals surface area contributed by atoms with Crippen molar-refractivity contribution < 1.29 is 38.4 Å². The molecule has 11 nitrogen and oxygen atoms in total. The number of methoxy groups -OCH3 is 3. The van der Waals surface area contributed by atoms with Gasteiger partial charge in [0.1, 0.15) is 6.61 Å². The fourth-order valence-corrected chi connectivity index (χ4v) is 6.17. The van der Waals surface area contributed by atoms with Crippen LogP contribution in [-0.2, 0) is 16.1 Å². The highest BCUT2D eigenvalue weighted by molar-refractivity contribution is 7.07. The smallest absolute Gasteiger partial charge is 0.338 e. The van der Waals surface area contributed by atoms with Crippen LogP contribution in [0.1, 0.15) is 46.9 Å². The number of carboxylic acids is 1. The van der Waals surface area contributed by atoms with E-state index in [1.165, 1.54) is 49.4 Å². The van der Waals surface area contributed by atoms with Gasteiger partial charge in [-0.15, -0.1) is 0 Å². The number of allylic oxidation sites excluding steroid dienone is 1. The molecule has 0 N–H and O–H groups in total. The van der Waals surface area contributed by atoms with Crippen LogP contribution in [0.25, 0.3) is 6.08 Å². The third-order valence-electron chi connectivity index (χ3n) is 7.28. The van der Waals surface area contributed by atoms with Gasteiger partial charge in [0.05, 0.1) is 55.7 Å². The zero-order chi connectivity index (χ0) is 33.0. The Morgan fingerprint density at radius 1 is 0.957 bits per heavy atom. The van der Waals surface area contributed by atoms with E-state index in [9.17, 15) is 19.5 Å². The Bertz CT molecular complexity index is 2030. The summed E-state index contributed by atoms with van der Waals surface area (Å²) in [5.74, 6) is -0.0317. The Kier molecular flexibility index (Phi) is 9.57. The summed E-state index contributed by atoms with van der Waals surface area (Å²) in [6.45, 7) is 3.70. The molecule has 238 valence electrons. The molecule has 0 saturated carbocycles. The highest BCUT2D eigenvalue weighted by Crippen LogP contribution is 2.36. The number of aromatic nitrogens is 1. The minimum Gasteiger partial charge on any atom is -0.545 e. The Balaban J connectivity index is 1.54. The number of hydrogen-bond acceptors (Lipinski definition) is 11. The summed E-state index contributed by atoms with van der Waals surface area (Å²) in [7, 11) is 4.54. The maximum Gasteiger partial charge on any atom is 0.338 e. The summed E-state index contributed by atoms with van der Waals surface area (Å²) < 4.78 is 29.6. The predicted octanol–water partition coefficient (Wildman–Crippen LogP) is 2.77. The van der Waals surface area contributed by atoms with Gasteiger partial charge in [-0.2, -0.15) is 0 Å². The number of fused-ring (bicyclic) bond motifs is 1. The van der Waals surface area contributed by atoms with Gasteiger partial charge in [0.2, 0.25) is 0 Å². The van der Waals surface area contributed by atoms with Crippen LogP contribution in [-0.4, -0.2) is 44.4 Å². The molecule has 1 aromatic heterocycles. The van der Waals surface area contributed by atoms with E-state index in [1.807, 2.05) is 0 Å². The van der Waals surface area contributed by atoms with Crippen LogP contribution in [0.4, 0.5) is 0 Å². The summed E-state index contributed by atoms with van der Waals surface area (Å²) in [4.78, 5) is 43.5. The monoisotopic (exact) mass is 643 g/mol. The molecule has 5 rings (SSSR count). The minimum absolute atomic E-state index is 0.0582. The average Bonchev–Trinajstić information content (AvgIpc) is 3.36. The van der Waals surface area contributed by atoms with Crippen LogP contribution in [0.15, 0.2) is 81.7 Å². The molecule has 0 amide bonds. The first kappa shape index (κ1) is 32.0. The lowest BCUT2D eigenvalue weighted by Gasteiger charge is -2.25. The quantitative estimate of drug-likeness (QED) is 0.226. The number of thiazole rings is 1. The van der Waals surface area contributed by atoms with E-state index in [0.717, 1.165) is 0 Å². The van der Waals surface area contributed by atoms with Crippen molar-refractivity contribution in [2.75, 3.05) is 27.9 Å². The molecule has 4 aromatic rings. The van der Waals surface area contributed by atoms with Crippen molar-refractivity contribution in [2.24, 2.45) is 4.99 Å². The zero-order valence-corrected chi connectivity index (χ0v) is 26.6. The maximum atomic E-state index is 14.0. The lowest BCUT2D eigenvalue weighted by Crippen LogP contribution is -2.39. The number of carbonyl (C=O) groups is 2. The first-order chi connectivity index (χ1) is 22.2. The number of hydrogen-bond donors (Lipinski definition) is 0. The molecule has 0 fully saturated rings. The van der Waals surface area contributed by atoms with E-state index in [2.05, 4.69) is 4.99 Å². The molecule has 1 atom stereocenters. The van der Waals surface area contributed by atoms with Crippen molar-refractivity contribution in [1.82, 2.24) is 4.57 Å². The Labute approximate surface area is 268 Å². The molecule has 3 aromatic carbocycles. The summed E-state index contributed by atoms with van der Waals surface area (Å²) in [6, 6.07) is 15.9. The molecule has 1 aliphatic rings. The molecule has 12 heteroatoms. The molecule has 0 aliphatic carbocycles. The molecule has 0 bridgehead atoms. The van der Waals surface area contributed by atoms with Crippen LogP contribution >= 0.6 is 11.3 Å². The molecule has 0 saturated heterocycles. The van der Waals surface area contributed by atoms with E-state index >= 15 is 0 Å². The van der Waals surface area contributed by atoms with Crippen molar-refractivity contribution in [3.8, 4) is 23.0 Å². The average molecular weight is 644 g/mol.